The van der Waals surface area contributed by atoms with E-state index in [2.05, 4.69) is 12.2 Å². The van der Waals surface area contributed by atoms with E-state index in [0.717, 1.165) is 11.6 Å². The number of fused-ring (bicyclic) bond motifs is 5. The Hall–Kier alpha value is -3.82. The average molecular weight is 671 g/mol. The summed E-state index contributed by atoms with van der Waals surface area (Å²) < 4.78 is 5.12. The molecule has 0 radical (unpaired) electrons. The molecule has 6 N–H and O–H groups in total. The van der Waals surface area contributed by atoms with Gasteiger partial charge in [-0.15, -0.1) is 0 Å². The number of carbonyl (C=O) groups excluding carboxylic acids is 5. The zero-order valence-electron chi connectivity index (χ0n) is 26.9. The number of allylic oxidation sites excluding steroid dienone is 1. The van der Waals surface area contributed by atoms with Gasteiger partial charge in [0.15, 0.2) is 24.1 Å². The largest absolute Gasteiger partial charge is 0.595 e. The number of aliphatic hydroxyl groups is 2. The summed E-state index contributed by atoms with van der Waals surface area (Å²) in [5.41, 5.74) is -2.62. The maximum absolute atomic E-state index is 13.8. The van der Waals surface area contributed by atoms with Crippen LogP contribution in [0.4, 0.5) is 5.69 Å². The molecule has 14 heteroatoms. The maximum Gasteiger partial charge on any atom is 0.329 e. The molecule has 4 aliphatic carbocycles. The van der Waals surface area contributed by atoms with Crippen LogP contribution in [0.2, 0.25) is 0 Å². The number of aliphatic carboxylic acids is 1. The number of esters is 1. The molecule has 0 aromatic heterocycles. The number of Topliss-reactive ketones (excluding diaryl/α,β-unsaturated/α-hetero) is 2. The van der Waals surface area contributed by atoms with Crippen LogP contribution in [0.5, 0.6) is 0 Å². The number of carboxylic acids is 1. The SMILES string of the molecule is C[C@]12CCC(=O)C=C1CC[C@H]1[C@H]3CC[C@](O)(C(=O)COC(=O)CCC(=O)N[C@H](C(=O)O)[C@H](O)c4cccc([NH+]([O-])O)c4)[C@]3(C)CC(=O)[C@@H]12. The molecule has 0 bridgehead atoms. The molecule has 0 heterocycles. The number of nitrogens with one attached hydrogen (secondary N) is 2. The summed E-state index contributed by atoms with van der Waals surface area (Å²) in [6, 6.07) is 3.10. The summed E-state index contributed by atoms with van der Waals surface area (Å²) in [5.74, 6) is -4.61. The van der Waals surface area contributed by atoms with Crippen molar-refractivity contribution in [2.45, 2.75) is 89.4 Å². The smallest absolute Gasteiger partial charge is 0.329 e. The van der Waals surface area contributed by atoms with Gasteiger partial charge in [-0.05, 0) is 61.0 Å². The highest BCUT2D eigenvalue weighted by Crippen LogP contribution is 2.66. The van der Waals surface area contributed by atoms with E-state index in [1.54, 1.807) is 13.0 Å². The third kappa shape index (κ3) is 6.23. The molecule has 3 fully saturated rings. The van der Waals surface area contributed by atoms with E-state index in [-0.39, 0.29) is 53.4 Å². The Morgan fingerprint density at radius 3 is 2.52 bits per heavy atom. The van der Waals surface area contributed by atoms with Crippen LogP contribution in [-0.4, -0.2) is 74.0 Å². The molecule has 3 saturated carbocycles. The van der Waals surface area contributed by atoms with Gasteiger partial charge in [-0.1, -0.05) is 31.6 Å². The minimum absolute atomic E-state index is 0.0107. The van der Waals surface area contributed by atoms with Crippen LogP contribution >= 0.6 is 0 Å². The minimum atomic E-state index is -1.90. The number of aliphatic hydroxyl groups excluding tert-OH is 1. The van der Waals surface area contributed by atoms with Gasteiger partial charge >= 0.3 is 11.9 Å². The highest BCUT2D eigenvalue weighted by molar-refractivity contribution is 5.95. The first-order chi connectivity index (χ1) is 22.5. The van der Waals surface area contributed by atoms with Crippen molar-refractivity contribution >= 4 is 40.9 Å². The fourth-order valence-corrected chi connectivity index (χ4v) is 8.97. The molecule has 1 aromatic rings. The number of carbonyl (C=O) groups is 6. The number of rotatable bonds is 11. The predicted molar refractivity (Wildman–Crippen MR) is 164 cm³/mol. The van der Waals surface area contributed by atoms with Crippen LogP contribution in [0, 0.1) is 33.8 Å². The van der Waals surface area contributed by atoms with Gasteiger partial charge in [-0.25, -0.2) is 10.0 Å². The Labute approximate surface area is 276 Å². The van der Waals surface area contributed by atoms with Crippen molar-refractivity contribution in [3.05, 3.63) is 46.7 Å². The highest BCUT2D eigenvalue weighted by atomic mass is 16.8. The van der Waals surface area contributed by atoms with E-state index >= 15 is 0 Å². The number of hydrogen-bond acceptors (Lipinski definition) is 11. The van der Waals surface area contributed by atoms with Crippen molar-refractivity contribution in [3.63, 3.8) is 0 Å². The van der Waals surface area contributed by atoms with Gasteiger partial charge < -0.3 is 30.6 Å². The van der Waals surface area contributed by atoms with E-state index in [1.165, 1.54) is 18.2 Å². The Kier molecular flexibility index (Phi) is 9.79. The molecular weight excluding hydrogens is 628 g/mol. The highest BCUT2D eigenvalue weighted by Gasteiger charge is 2.68. The molecule has 260 valence electrons. The first-order valence-corrected chi connectivity index (χ1v) is 16.2. The Balaban J connectivity index is 1.16. The minimum Gasteiger partial charge on any atom is -0.595 e. The molecule has 14 nitrogen and oxygen atoms in total. The lowest BCUT2D eigenvalue weighted by Gasteiger charge is -2.57. The quantitative estimate of drug-likeness (QED) is 0.143. The second kappa shape index (κ2) is 13.2. The molecule has 1 aromatic carbocycles. The van der Waals surface area contributed by atoms with E-state index in [1.807, 2.05) is 0 Å². The summed E-state index contributed by atoms with van der Waals surface area (Å²) >= 11 is 0. The topological polar surface area (TPSA) is 232 Å². The van der Waals surface area contributed by atoms with E-state index in [9.17, 15) is 49.3 Å². The number of benzene rings is 1. The lowest BCUT2D eigenvalue weighted by atomic mass is 9.46. The van der Waals surface area contributed by atoms with Crippen LogP contribution in [0.1, 0.15) is 83.3 Å². The lowest BCUT2D eigenvalue weighted by molar-refractivity contribution is -0.991. The Morgan fingerprint density at radius 2 is 1.83 bits per heavy atom. The number of ether oxygens (including phenoxy) is 1. The Bertz CT molecular complexity index is 1560. The number of amides is 1. The van der Waals surface area contributed by atoms with Gasteiger partial charge in [0, 0.05) is 42.7 Å². The van der Waals surface area contributed by atoms with E-state index in [4.69, 9.17) is 9.94 Å². The van der Waals surface area contributed by atoms with Gasteiger partial charge in [0.25, 0.3) is 0 Å². The van der Waals surface area contributed by atoms with Crippen molar-refractivity contribution in [1.29, 1.82) is 0 Å². The number of quaternary nitrogens is 1. The van der Waals surface area contributed by atoms with Crippen molar-refractivity contribution < 1.29 is 59.3 Å². The van der Waals surface area contributed by atoms with Gasteiger partial charge in [0.1, 0.15) is 17.5 Å². The van der Waals surface area contributed by atoms with Crippen molar-refractivity contribution in [2.75, 3.05) is 6.61 Å². The molecular formula is C34H42N2O12. The number of carboxylic acid groups (broad SMARTS) is 1. The zero-order valence-corrected chi connectivity index (χ0v) is 26.9. The normalized spacial score (nSPS) is 32.9. The third-order valence-electron chi connectivity index (χ3n) is 11.6. The average Bonchev–Trinajstić information content (AvgIpc) is 3.31. The third-order valence-corrected chi connectivity index (χ3v) is 11.6. The lowest BCUT2D eigenvalue weighted by Crippen LogP contribution is -2.99. The van der Waals surface area contributed by atoms with Crippen LogP contribution in [0.15, 0.2) is 35.9 Å². The van der Waals surface area contributed by atoms with Crippen LogP contribution < -0.4 is 10.5 Å². The predicted octanol–water partition coefficient (Wildman–Crippen LogP) is 1.03. The number of ketones is 3. The van der Waals surface area contributed by atoms with Crippen molar-refractivity contribution in [1.82, 2.24) is 5.32 Å². The van der Waals surface area contributed by atoms with Crippen LogP contribution in [0.3, 0.4) is 0 Å². The molecule has 1 amide bonds. The molecule has 1 unspecified atom stereocenters. The standard InChI is InChI=1S/C34H42N2O12/c1-32-12-10-21(37)15-19(32)6-7-22-23-11-13-34(45,33(23,2)16-24(38)28(22)32)25(39)17-48-27(41)9-8-26(40)35-29(31(43)44)30(42)18-4-3-5-20(14-18)36(46)47/h3-5,14-15,22-23,28-30,36,42,45-46H,6-13,16-17H2,1-2H3,(H,35,40)(H,43,44)/t22-,23+,28+,29-,30+,32-,33+,34-/m0/s1. The van der Waals surface area contributed by atoms with Crippen molar-refractivity contribution in [3.8, 4) is 0 Å². The molecule has 48 heavy (non-hydrogen) atoms. The second-order valence-electron chi connectivity index (χ2n) is 14.1. The summed E-state index contributed by atoms with van der Waals surface area (Å²) in [6.07, 6.45) is 1.80. The molecule has 5 rings (SSSR count). The monoisotopic (exact) mass is 670 g/mol. The van der Waals surface area contributed by atoms with Crippen LogP contribution in [0.25, 0.3) is 0 Å². The fraction of sp³-hybridized carbons (Fsp3) is 0.588. The van der Waals surface area contributed by atoms with Gasteiger partial charge in [-0.2, -0.15) is 5.23 Å². The molecule has 4 aliphatic rings. The molecule has 0 saturated heterocycles. The summed E-state index contributed by atoms with van der Waals surface area (Å²) in [5, 5.41) is 53.1. The van der Waals surface area contributed by atoms with Gasteiger partial charge in [-0.3, -0.25) is 24.0 Å². The summed E-state index contributed by atoms with van der Waals surface area (Å²) in [6.45, 7) is 3.04. The second-order valence-corrected chi connectivity index (χ2v) is 14.1. The van der Waals surface area contributed by atoms with Crippen LogP contribution in [-0.2, 0) is 33.5 Å². The molecule has 9 atom stereocenters. The van der Waals surface area contributed by atoms with Gasteiger partial charge in [0.05, 0.1) is 6.42 Å². The molecule has 0 aliphatic heterocycles. The number of hydrogen-bond donors (Lipinski definition) is 6. The maximum atomic E-state index is 13.8. The zero-order chi connectivity index (χ0) is 35.2. The first kappa shape index (κ1) is 35.5. The van der Waals surface area contributed by atoms with E-state index < -0.39 is 76.9 Å². The first-order valence-electron chi connectivity index (χ1n) is 16.2. The Morgan fingerprint density at radius 1 is 1.10 bits per heavy atom. The molecule has 0 spiro atoms. The fourth-order valence-electron chi connectivity index (χ4n) is 8.97. The van der Waals surface area contributed by atoms with Crippen molar-refractivity contribution in [2.24, 2.45) is 28.6 Å². The summed E-state index contributed by atoms with van der Waals surface area (Å²) in [7, 11) is 0. The van der Waals surface area contributed by atoms with E-state index in [0.29, 0.717) is 32.1 Å². The van der Waals surface area contributed by atoms with Gasteiger partial charge in [0.2, 0.25) is 11.7 Å². The summed E-state index contributed by atoms with van der Waals surface area (Å²) in [4.78, 5) is 76.1.